The van der Waals surface area contributed by atoms with Crippen molar-refractivity contribution in [3.8, 4) is 0 Å². The number of hydrogen-bond donors (Lipinski definition) is 1. The van der Waals surface area contributed by atoms with Crippen molar-refractivity contribution < 1.29 is 9.53 Å². The Morgan fingerprint density at radius 1 is 1.29 bits per heavy atom. The first kappa shape index (κ1) is 24.4. The van der Waals surface area contributed by atoms with Crippen LogP contribution in [0, 0.1) is 17.8 Å². The van der Waals surface area contributed by atoms with Gasteiger partial charge in [0, 0.05) is 71.3 Å². The van der Waals surface area contributed by atoms with E-state index in [4.69, 9.17) is 4.74 Å². The lowest BCUT2D eigenvalue weighted by atomic mass is 9.79. The number of rotatable bonds is 8. The van der Waals surface area contributed by atoms with Crippen LogP contribution in [0.2, 0.25) is 0 Å². The fourth-order valence-corrected chi connectivity index (χ4v) is 5.71. The van der Waals surface area contributed by atoms with Gasteiger partial charge in [0.05, 0.1) is 0 Å². The van der Waals surface area contributed by atoms with Gasteiger partial charge in [0.1, 0.15) is 0 Å². The monoisotopic (exact) mass is 450 g/mol. The number of amides is 1. The summed E-state index contributed by atoms with van der Waals surface area (Å²) in [4.78, 5) is 21.6. The first-order valence-electron chi connectivity index (χ1n) is 11.8. The normalized spacial score (nSPS) is 27.0. The summed E-state index contributed by atoms with van der Waals surface area (Å²) in [5.41, 5.74) is 1.31. The van der Waals surface area contributed by atoms with Crippen LogP contribution in [0.3, 0.4) is 0 Å². The summed E-state index contributed by atoms with van der Waals surface area (Å²) in [5, 5.41) is 3.80. The number of methoxy groups -OCH3 is 1. The van der Waals surface area contributed by atoms with Crippen LogP contribution in [0.15, 0.2) is 24.5 Å². The average Bonchev–Trinajstić information content (AvgIpc) is 2.77. The van der Waals surface area contributed by atoms with Gasteiger partial charge in [-0.3, -0.25) is 14.7 Å². The second-order valence-corrected chi connectivity index (χ2v) is 9.60. The maximum absolute atomic E-state index is 12.6. The Hall–Kier alpha value is -1.21. The summed E-state index contributed by atoms with van der Waals surface area (Å²) in [5.74, 6) is 2.43. The van der Waals surface area contributed by atoms with Gasteiger partial charge < -0.3 is 15.0 Å². The van der Waals surface area contributed by atoms with Crippen LogP contribution in [0.1, 0.15) is 44.1 Å². The van der Waals surface area contributed by atoms with Crippen molar-refractivity contribution in [1.82, 2.24) is 20.1 Å². The molecule has 3 atom stereocenters. The van der Waals surface area contributed by atoms with E-state index in [1.165, 1.54) is 18.5 Å². The molecular weight excluding hydrogens is 412 g/mol. The van der Waals surface area contributed by atoms with Crippen LogP contribution < -0.4 is 5.32 Å². The van der Waals surface area contributed by atoms with Gasteiger partial charge in [-0.15, -0.1) is 12.4 Å². The quantitative estimate of drug-likeness (QED) is 0.659. The van der Waals surface area contributed by atoms with Crippen LogP contribution in [0.5, 0.6) is 0 Å². The fraction of sp³-hybridized carbons (Fsp3) is 0.750. The summed E-state index contributed by atoms with van der Waals surface area (Å²) >= 11 is 0. The molecule has 6 nitrogen and oxygen atoms in total. The van der Waals surface area contributed by atoms with Crippen LogP contribution >= 0.6 is 12.4 Å². The van der Waals surface area contributed by atoms with Gasteiger partial charge in [0.25, 0.3) is 0 Å². The SMILES string of the molecule is COCC1CCN(C(=O)CCC[C@H]2NCC3CC2CN(Cc2cccnc2)C3)CC1.Cl. The van der Waals surface area contributed by atoms with Crippen molar-refractivity contribution in [2.45, 2.75) is 51.1 Å². The Bertz CT molecular complexity index is 669. The van der Waals surface area contributed by atoms with E-state index in [0.29, 0.717) is 30.2 Å². The third-order valence-electron chi connectivity index (χ3n) is 7.29. The number of likely N-dealkylation sites (tertiary alicyclic amines) is 2. The van der Waals surface area contributed by atoms with Crippen molar-refractivity contribution in [2.75, 3.05) is 46.4 Å². The van der Waals surface area contributed by atoms with E-state index >= 15 is 0 Å². The lowest BCUT2D eigenvalue weighted by molar-refractivity contribution is -0.133. The number of aromatic nitrogens is 1. The Kier molecular flexibility index (Phi) is 9.57. The predicted molar refractivity (Wildman–Crippen MR) is 125 cm³/mol. The highest BCUT2D eigenvalue weighted by Crippen LogP contribution is 2.31. The van der Waals surface area contributed by atoms with Crippen LogP contribution in [-0.4, -0.2) is 73.2 Å². The van der Waals surface area contributed by atoms with Gasteiger partial charge in [0.15, 0.2) is 0 Å². The zero-order valence-corrected chi connectivity index (χ0v) is 19.7. The van der Waals surface area contributed by atoms with Gasteiger partial charge in [-0.05, 0) is 68.0 Å². The molecule has 31 heavy (non-hydrogen) atoms. The number of fused-ring (bicyclic) bond motifs is 2. The average molecular weight is 451 g/mol. The van der Waals surface area contributed by atoms with Crippen LogP contribution in [0.25, 0.3) is 0 Å². The molecule has 1 aromatic rings. The molecule has 0 aromatic carbocycles. The predicted octanol–water partition coefficient (Wildman–Crippen LogP) is 2.97. The molecule has 0 saturated carbocycles. The molecular formula is C24H39ClN4O2. The molecule has 3 saturated heterocycles. The molecule has 3 fully saturated rings. The van der Waals surface area contributed by atoms with Gasteiger partial charge >= 0.3 is 0 Å². The number of halogens is 1. The number of carbonyl (C=O) groups excluding carboxylic acids is 1. The molecule has 174 valence electrons. The summed E-state index contributed by atoms with van der Waals surface area (Å²) in [6, 6.07) is 4.76. The summed E-state index contributed by atoms with van der Waals surface area (Å²) in [6.07, 6.45) is 10.1. The second-order valence-electron chi connectivity index (χ2n) is 9.60. The van der Waals surface area contributed by atoms with E-state index < -0.39 is 0 Å². The minimum Gasteiger partial charge on any atom is -0.384 e. The molecule has 3 aliphatic rings. The number of nitrogens with zero attached hydrogens (tertiary/aromatic N) is 3. The van der Waals surface area contributed by atoms with Crippen LogP contribution in [-0.2, 0) is 16.1 Å². The highest BCUT2D eigenvalue weighted by molar-refractivity contribution is 5.85. The smallest absolute Gasteiger partial charge is 0.222 e. The lowest BCUT2D eigenvalue weighted by Crippen LogP contribution is -2.55. The van der Waals surface area contributed by atoms with E-state index in [1.54, 1.807) is 7.11 Å². The molecule has 1 aromatic heterocycles. The number of nitrogens with one attached hydrogen (secondary N) is 1. The summed E-state index contributed by atoms with van der Waals surface area (Å²) in [7, 11) is 1.77. The Morgan fingerprint density at radius 3 is 2.87 bits per heavy atom. The van der Waals surface area contributed by atoms with Crippen molar-refractivity contribution in [1.29, 1.82) is 0 Å². The summed E-state index contributed by atoms with van der Waals surface area (Å²) < 4.78 is 5.27. The molecule has 0 spiro atoms. The number of hydrogen-bond acceptors (Lipinski definition) is 5. The minimum atomic E-state index is 0. The first-order chi connectivity index (χ1) is 14.7. The zero-order valence-electron chi connectivity index (χ0n) is 18.9. The topological polar surface area (TPSA) is 57.7 Å². The second kappa shape index (κ2) is 12.1. The first-order valence-corrected chi connectivity index (χ1v) is 11.8. The zero-order chi connectivity index (χ0) is 20.8. The molecule has 4 rings (SSSR count). The van der Waals surface area contributed by atoms with Crippen molar-refractivity contribution in [2.24, 2.45) is 17.8 Å². The van der Waals surface area contributed by atoms with Crippen molar-refractivity contribution in [3.05, 3.63) is 30.1 Å². The highest BCUT2D eigenvalue weighted by Gasteiger charge is 2.36. The molecule has 2 unspecified atom stereocenters. The molecule has 3 aliphatic heterocycles. The van der Waals surface area contributed by atoms with Gasteiger partial charge in [0.2, 0.25) is 5.91 Å². The fourth-order valence-electron chi connectivity index (χ4n) is 5.71. The van der Waals surface area contributed by atoms with E-state index in [0.717, 1.165) is 70.9 Å². The Morgan fingerprint density at radius 2 is 2.13 bits per heavy atom. The molecule has 2 bridgehead atoms. The maximum Gasteiger partial charge on any atom is 0.222 e. The standard InChI is InChI=1S/C24H38N4O2.ClH/c1-30-18-19-7-10-28(11-8-19)24(29)6-2-5-23-22-12-21(14-26-23)16-27(17-22)15-20-4-3-9-25-13-20;/h3-4,9,13,19,21-23,26H,2,5-8,10-12,14-18H2,1H3;1H/t21?,22?,23-;/m1./s1. The highest BCUT2D eigenvalue weighted by atomic mass is 35.5. The molecule has 0 radical (unpaired) electrons. The lowest BCUT2D eigenvalue weighted by Gasteiger charge is -2.46. The van der Waals surface area contributed by atoms with E-state index in [2.05, 4.69) is 26.2 Å². The number of carbonyl (C=O) groups is 1. The minimum absolute atomic E-state index is 0. The van der Waals surface area contributed by atoms with Crippen molar-refractivity contribution >= 4 is 18.3 Å². The Balaban J connectivity index is 0.00000272. The summed E-state index contributed by atoms with van der Waals surface area (Å²) in [6.45, 7) is 7.10. The van der Waals surface area contributed by atoms with Crippen LogP contribution in [0.4, 0.5) is 0 Å². The van der Waals surface area contributed by atoms with Crippen molar-refractivity contribution in [3.63, 3.8) is 0 Å². The van der Waals surface area contributed by atoms with E-state index in [9.17, 15) is 4.79 Å². The Labute approximate surface area is 193 Å². The van der Waals surface area contributed by atoms with E-state index in [-0.39, 0.29) is 12.4 Å². The third-order valence-corrected chi connectivity index (χ3v) is 7.29. The molecule has 0 aliphatic carbocycles. The van der Waals surface area contributed by atoms with Gasteiger partial charge in [-0.1, -0.05) is 6.07 Å². The number of ether oxygens (including phenoxy) is 1. The van der Waals surface area contributed by atoms with Gasteiger partial charge in [-0.2, -0.15) is 0 Å². The molecule has 1 amide bonds. The molecule has 1 N–H and O–H groups in total. The van der Waals surface area contributed by atoms with E-state index in [1.807, 2.05) is 18.5 Å². The molecule has 7 heteroatoms. The maximum atomic E-state index is 12.6. The third kappa shape index (κ3) is 6.88. The molecule has 4 heterocycles. The van der Waals surface area contributed by atoms with Gasteiger partial charge in [-0.25, -0.2) is 0 Å². The number of pyridine rings is 1. The number of piperidine rings is 3. The largest absolute Gasteiger partial charge is 0.384 e.